The van der Waals surface area contributed by atoms with Gasteiger partial charge < -0.3 is 5.11 Å². The second kappa shape index (κ2) is 5.74. The molecule has 0 radical (unpaired) electrons. The Labute approximate surface area is 126 Å². The lowest BCUT2D eigenvalue weighted by atomic mass is 9.71. The molecule has 20 heavy (non-hydrogen) atoms. The summed E-state index contributed by atoms with van der Waals surface area (Å²) in [7, 11) is 0. The van der Waals surface area contributed by atoms with Gasteiger partial charge in [0.15, 0.2) is 0 Å². The average Bonchev–Trinajstić information content (AvgIpc) is 2.88. The third-order valence-corrected chi connectivity index (χ3v) is 6.24. The number of thiazole rings is 1. The van der Waals surface area contributed by atoms with Crippen LogP contribution >= 0.6 is 11.3 Å². The summed E-state index contributed by atoms with van der Waals surface area (Å²) in [4.78, 5) is 8.41. The number of aromatic nitrogens is 1. The Bertz CT molecular complexity index is 459. The largest absolute Gasteiger partial charge is 0.390 e. The summed E-state index contributed by atoms with van der Waals surface area (Å²) in [6.45, 7) is 7.50. The minimum absolute atomic E-state index is 0.356. The molecule has 1 aromatic rings. The third kappa shape index (κ3) is 2.92. The first-order chi connectivity index (χ1) is 9.57. The van der Waals surface area contributed by atoms with Gasteiger partial charge in [-0.25, -0.2) is 4.98 Å². The molecule has 0 bridgehead atoms. The Morgan fingerprint density at radius 2 is 2.30 bits per heavy atom. The van der Waals surface area contributed by atoms with E-state index < -0.39 is 0 Å². The van der Waals surface area contributed by atoms with Crippen LogP contribution in [0.5, 0.6) is 0 Å². The van der Waals surface area contributed by atoms with Crippen molar-refractivity contribution >= 4 is 11.3 Å². The van der Waals surface area contributed by atoms with Gasteiger partial charge in [-0.1, -0.05) is 26.7 Å². The second-order valence-electron chi connectivity index (χ2n) is 6.85. The fourth-order valence-corrected chi connectivity index (χ4v) is 4.63. The number of rotatable bonds is 3. The lowest BCUT2D eigenvalue weighted by Crippen LogP contribution is -2.52. The van der Waals surface area contributed by atoms with Crippen LogP contribution in [0.1, 0.15) is 61.8 Å². The molecule has 1 aliphatic carbocycles. The minimum Gasteiger partial charge on any atom is -0.390 e. The summed E-state index contributed by atoms with van der Waals surface area (Å²) in [5.74, 6) is 1.01. The van der Waals surface area contributed by atoms with Crippen LogP contribution in [0.3, 0.4) is 0 Å². The molecule has 2 heterocycles. The van der Waals surface area contributed by atoms with E-state index in [9.17, 15) is 5.11 Å². The topological polar surface area (TPSA) is 36.4 Å². The van der Waals surface area contributed by atoms with Crippen molar-refractivity contribution in [3.8, 4) is 0 Å². The summed E-state index contributed by atoms with van der Waals surface area (Å²) in [6.07, 6.45) is 7.71. The van der Waals surface area contributed by atoms with E-state index in [4.69, 9.17) is 0 Å². The van der Waals surface area contributed by atoms with Crippen LogP contribution in [0, 0.1) is 5.92 Å². The first-order valence-corrected chi connectivity index (χ1v) is 8.78. The number of fused-ring (bicyclic) bond motifs is 1. The zero-order valence-corrected chi connectivity index (χ0v) is 13.5. The summed E-state index contributed by atoms with van der Waals surface area (Å²) in [6, 6.07) is 0. The molecule has 4 heteroatoms. The van der Waals surface area contributed by atoms with E-state index >= 15 is 0 Å². The van der Waals surface area contributed by atoms with Crippen molar-refractivity contribution in [1.82, 2.24) is 9.88 Å². The van der Waals surface area contributed by atoms with Crippen molar-refractivity contribution in [2.75, 3.05) is 13.1 Å². The highest BCUT2D eigenvalue weighted by Gasteiger charge is 2.42. The van der Waals surface area contributed by atoms with E-state index in [1.54, 1.807) is 0 Å². The van der Waals surface area contributed by atoms with Crippen molar-refractivity contribution in [3.63, 3.8) is 0 Å². The van der Waals surface area contributed by atoms with Gasteiger partial charge in [0, 0.05) is 42.5 Å². The Hall–Kier alpha value is -0.450. The maximum atomic E-state index is 10.7. The molecule has 2 unspecified atom stereocenters. The Morgan fingerprint density at radius 1 is 1.45 bits per heavy atom. The second-order valence-corrected chi connectivity index (χ2v) is 8.00. The molecule has 1 aliphatic heterocycles. The van der Waals surface area contributed by atoms with Gasteiger partial charge >= 0.3 is 0 Å². The van der Waals surface area contributed by atoms with Gasteiger partial charge in [-0.3, -0.25) is 4.90 Å². The molecule has 1 aromatic heterocycles. The van der Waals surface area contributed by atoms with Crippen molar-refractivity contribution in [2.24, 2.45) is 5.92 Å². The molecule has 1 saturated carbocycles. The number of hydrogen-bond acceptors (Lipinski definition) is 4. The molecule has 112 valence electrons. The number of hydrogen-bond donors (Lipinski definition) is 1. The quantitative estimate of drug-likeness (QED) is 0.928. The highest BCUT2D eigenvalue weighted by atomic mass is 32.1. The van der Waals surface area contributed by atoms with Crippen molar-refractivity contribution in [3.05, 3.63) is 16.1 Å². The zero-order valence-electron chi connectivity index (χ0n) is 12.6. The molecule has 2 fully saturated rings. The van der Waals surface area contributed by atoms with E-state index in [-0.39, 0.29) is 5.60 Å². The molecule has 1 N–H and O–H groups in total. The molecule has 0 spiro atoms. The minimum atomic E-state index is -0.356. The van der Waals surface area contributed by atoms with E-state index in [1.807, 2.05) is 17.5 Å². The lowest BCUT2D eigenvalue weighted by Gasteiger charge is -2.47. The van der Waals surface area contributed by atoms with Crippen LogP contribution in [-0.4, -0.2) is 33.7 Å². The summed E-state index contributed by atoms with van der Waals surface area (Å²) >= 11 is 1.85. The number of aliphatic hydroxyl groups is 1. The molecule has 0 amide bonds. The molecule has 3 nitrogen and oxygen atoms in total. The SMILES string of the molecule is CC(C)c1ncc(CN2CCC3(O)CCCCC3C2)s1. The monoisotopic (exact) mass is 294 g/mol. The standard InChI is InChI=1S/C16H26N2OS/c1-12(2)15-17-9-14(20-15)11-18-8-7-16(19)6-4-3-5-13(16)10-18/h9,12-13,19H,3-8,10-11H2,1-2H3. The van der Waals surface area contributed by atoms with Crippen LogP contribution in [0.15, 0.2) is 6.20 Å². The summed E-state index contributed by atoms with van der Waals surface area (Å²) < 4.78 is 0. The van der Waals surface area contributed by atoms with Crippen LogP contribution in [0.2, 0.25) is 0 Å². The molecular weight excluding hydrogens is 268 g/mol. The fourth-order valence-electron chi connectivity index (χ4n) is 3.67. The van der Waals surface area contributed by atoms with Gasteiger partial charge in [0.25, 0.3) is 0 Å². The van der Waals surface area contributed by atoms with Gasteiger partial charge in [-0.05, 0) is 19.3 Å². The maximum Gasteiger partial charge on any atom is 0.0953 e. The van der Waals surface area contributed by atoms with Crippen LogP contribution in [-0.2, 0) is 6.54 Å². The molecule has 3 rings (SSSR count). The van der Waals surface area contributed by atoms with Gasteiger partial charge in [0.1, 0.15) is 0 Å². The van der Waals surface area contributed by atoms with Gasteiger partial charge in [-0.2, -0.15) is 0 Å². The Kier molecular flexibility index (Phi) is 4.16. The third-order valence-electron chi connectivity index (χ3n) is 4.96. The van der Waals surface area contributed by atoms with Gasteiger partial charge in [0.2, 0.25) is 0 Å². The molecule has 0 aromatic carbocycles. The fraction of sp³-hybridized carbons (Fsp3) is 0.812. The summed E-state index contributed by atoms with van der Waals surface area (Å²) in [5, 5.41) is 12.0. The Balaban J connectivity index is 1.61. The summed E-state index contributed by atoms with van der Waals surface area (Å²) in [5.41, 5.74) is -0.356. The van der Waals surface area contributed by atoms with Gasteiger partial charge in [-0.15, -0.1) is 11.3 Å². The highest BCUT2D eigenvalue weighted by molar-refractivity contribution is 7.11. The predicted octanol–water partition coefficient (Wildman–Crippen LogP) is 3.39. The molecule has 2 atom stereocenters. The van der Waals surface area contributed by atoms with E-state index in [2.05, 4.69) is 23.7 Å². The molecule has 2 aliphatic rings. The van der Waals surface area contributed by atoms with E-state index in [1.165, 1.54) is 29.1 Å². The van der Waals surface area contributed by atoms with Gasteiger partial charge in [0.05, 0.1) is 10.6 Å². The van der Waals surface area contributed by atoms with Crippen molar-refractivity contribution in [2.45, 2.75) is 64.0 Å². The zero-order chi connectivity index (χ0) is 14.2. The normalized spacial score (nSPS) is 31.5. The number of nitrogens with zero attached hydrogens (tertiary/aromatic N) is 2. The maximum absolute atomic E-state index is 10.7. The van der Waals surface area contributed by atoms with Crippen LogP contribution in [0.25, 0.3) is 0 Å². The van der Waals surface area contributed by atoms with Crippen molar-refractivity contribution < 1.29 is 5.11 Å². The molecule has 1 saturated heterocycles. The number of piperidine rings is 1. The molecular formula is C16H26N2OS. The van der Waals surface area contributed by atoms with Crippen LogP contribution < -0.4 is 0 Å². The smallest absolute Gasteiger partial charge is 0.0953 e. The highest BCUT2D eigenvalue weighted by Crippen LogP contribution is 2.40. The van der Waals surface area contributed by atoms with Crippen LogP contribution in [0.4, 0.5) is 0 Å². The first-order valence-electron chi connectivity index (χ1n) is 7.96. The number of likely N-dealkylation sites (tertiary alicyclic amines) is 1. The lowest BCUT2D eigenvalue weighted by molar-refractivity contribution is -0.0966. The average molecular weight is 294 g/mol. The van der Waals surface area contributed by atoms with E-state index in [0.29, 0.717) is 11.8 Å². The Morgan fingerprint density at radius 3 is 3.05 bits per heavy atom. The first kappa shape index (κ1) is 14.5. The predicted molar refractivity (Wildman–Crippen MR) is 83.0 cm³/mol. The van der Waals surface area contributed by atoms with Crippen molar-refractivity contribution in [1.29, 1.82) is 0 Å². The van der Waals surface area contributed by atoms with E-state index in [0.717, 1.165) is 32.5 Å².